The lowest BCUT2D eigenvalue weighted by Crippen LogP contribution is -2.21. The largest absolute Gasteiger partial charge is 0.355 e. The van der Waals surface area contributed by atoms with Gasteiger partial charge in [-0.05, 0) is 18.4 Å². The molecule has 14 heavy (non-hydrogen) atoms. The van der Waals surface area contributed by atoms with E-state index in [9.17, 15) is 4.79 Å². The molecule has 1 heterocycles. The van der Waals surface area contributed by atoms with E-state index in [1.165, 1.54) is 5.56 Å². The van der Waals surface area contributed by atoms with Crippen molar-refractivity contribution in [1.82, 2.24) is 5.32 Å². The molecule has 72 valence electrons. The highest BCUT2D eigenvalue weighted by molar-refractivity contribution is 5.85. The topological polar surface area (TPSA) is 29.1 Å². The molecule has 2 nitrogen and oxygen atoms in total. The van der Waals surface area contributed by atoms with E-state index in [4.69, 9.17) is 0 Å². The lowest BCUT2D eigenvalue weighted by atomic mass is 9.96. The molecular formula is C12H13NO. The van der Waals surface area contributed by atoms with Gasteiger partial charge in [0.05, 0.1) is 0 Å². The maximum atomic E-state index is 11.3. The molecule has 1 aliphatic heterocycles. The maximum absolute atomic E-state index is 11.3. The van der Waals surface area contributed by atoms with Crippen LogP contribution in [0.2, 0.25) is 0 Å². The van der Waals surface area contributed by atoms with Gasteiger partial charge in [-0.2, -0.15) is 0 Å². The summed E-state index contributed by atoms with van der Waals surface area (Å²) in [6.07, 6.45) is 2.14. The van der Waals surface area contributed by atoms with Crippen molar-refractivity contribution in [3.05, 3.63) is 35.9 Å². The van der Waals surface area contributed by atoms with Crippen LogP contribution in [0, 0.1) is 11.3 Å². The summed E-state index contributed by atoms with van der Waals surface area (Å²) in [6.45, 7) is 0.880. The molecule has 2 fully saturated rings. The fourth-order valence-electron chi connectivity index (χ4n) is 2.56. The standard InChI is InChI=1S/C12H13NO/c14-11-10-7-12(10,8-13-11)6-9-4-2-1-3-5-9/h1-5,10H,6-8H2,(H,13,14). The Balaban J connectivity index is 1.78. The van der Waals surface area contributed by atoms with Crippen LogP contribution >= 0.6 is 0 Å². The third kappa shape index (κ3) is 1.07. The Morgan fingerprint density at radius 3 is 2.71 bits per heavy atom. The van der Waals surface area contributed by atoms with Gasteiger partial charge in [0.25, 0.3) is 0 Å². The van der Waals surface area contributed by atoms with Crippen molar-refractivity contribution in [1.29, 1.82) is 0 Å². The summed E-state index contributed by atoms with van der Waals surface area (Å²) in [5.74, 6) is 0.573. The highest BCUT2D eigenvalue weighted by Crippen LogP contribution is 2.57. The number of hydrogen-bond acceptors (Lipinski definition) is 1. The van der Waals surface area contributed by atoms with E-state index >= 15 is 0 Å². The zero-order chi connectivity index (χ0) is 9.60. The summed E-state index contributed by atoms with van der Waals surface area (Å²) in [7, 11) is 0. The number of carbonyl (C=O) groups excluding carboxylic acids is 1. The Bertz CT molecular complexity index is 373. The molecule has 1 amide bonds. The van der Waals surface area contributed by atoms with Gasteiger partial charge in [-0.1, -0.05) is 30.3 Å². The van der Waals surface area contributed by atoms with E-state index in [0.717, 1.165) is 19.4 Å². The third-order valence-corrected chi connectivity index (χ3v) is 3.52. The number of carbonyl (C=O) groups is 1. The van der Waals surface area contributed by atoms with Gasteiger partial charge in [-0.25, -0.2) is 0 Å². The average Bonchev–Trinajstić information content (AvgIpc) is 2.84. The average molecular weight is 187 g/mol. The van der Waals surface area contributed by atoms with Crippen molar-refractivity contribution in [3.8, 4) is 0 Å². The smallest absolute Gasteiger partial charge is 0.223 e. The van der Waals surface area contributed by atoms with Crippen molar-refractivity contribution in [2.45, 2.75) is 12.8 Å². The van der Waals surface area contributed by atoms with Gasteiger partial charge in [-0.15, -0.1) is 0 Å². The van der Waals surface area contributed by atoms with Crippen LogP contribution < -0.4 is 5.32 Å². The van der Waals surface area contributed by atoms with Crippen molar-refractivity contribution >= 4 is 5.91 Å². The Hall–Kier alpha value is -1.31. The lowest BCUT2D eigenvalue weighted by Gasteiger charge is -2.10. The van der Waals surface area contributed by atoms with E-state index in [1.54, 1.807) is 0 Å². The Kier molecular flexibility index (Phi) is 1.49. The Morgan fingerprint density at radius 2 is 2.14 bits per heavy atom. The van der Waals surface area contributed by atoms with Crippen LogP contribution in [0.25, 0.3) is 0 Å². The Labute approximate surface area is 83.3 Å². The maximum Gasteiger partial charge on any atom is 0.223 e. The monoisotopic (exact) mass is 187 g/mol. The fourth-order valence-corrected chi connectivity index (χ4v) is 2.56. The van der Waals surface area contributed by atoms with Gasteiger partial charge in [0.15, 0.2) is 0 Å². The Morgan fingerprint density at radius 1 is 1.36 bits per heavy atom. The van der Waals surface area contributed by atoms with Gasteiger partial charge in [-0.3, -0.25) is 4.79 Å². The first-order valence-corrected chi connectivity index (χ1v) is 5.12. The first kappa shape index (κ1) is 8.04. The SMILES string of the molecule is O=C1NCC2(Cc3ccccc3)CC12. The molecule has 3 rings (SSSR count). The first-order chi connectivity index (χ1) is 6.80. The van der Waals surface area contributed by atoms with E-state index in [0.29, 0.717) is 5.92 Å². The van der Waals surface area contributed by atoms with E-state index in [1.807, 2.05) is 6.07 Å². The molecule has 1 aromatic carbocycles. The van der Waals surface area contributed by atoms with Crippen molar-refractivity contribution in [2.75, 3.05) is 6.54 Å². The summed E-state index contributed by atoms with van der Waals surface area (Å²) in [6, 6.07) is 10.4. The van der Waals surface area contributed by atoms with Gasteiger partial charge in [0.1, 0.15) is 0 Å². The van der Waals surface area contributed by atoms with Crippen LogP contribution in [0.1, 0.15) is 12.0 Å². The zero-order valence-electron chi connectivity index (χ0n) is 7.99. The van der Waals surface area contributed by atoms with Crippen molar-refractivity contribution in [2.24, 2.45) is 11.3 Å². The first-order valence-electron chi connectivity index (χ1n) is 5.12. The third-order valence-electron chi connectivity index (χ3n) is 3.52. The van der Waals surface area contributed by atoms with E-state index < -0.39 is 0 Å². The molecule has 0 bridgehead atoms. The normalized spacial score (nSPS) is 33.7. The molecular weight excluding hydrogens is 174 g/mol. The second-order valence-electron chi connectivity index (χ2n) is 4.50. The van der Waals surface area contributed by atoms with Crippen LogP contribution in [0.15, 0.2) is 30.3 Å². The molecule has 1 saturated heterocycles. The minimum Gasteiger partial charge on any atom is -0.355 e. The van der Waals surface area contributed by atoms with E-state index in [2.05, 4.69) is 29.6 Å². The quantitative estimate of drug-likeness (QED) is 0.744. The minimum atomic E-state index is 0.265. The number of fused-ring (bicyclic) bond motifs is 1. The number of piperidine rings is 1. The second kappa shape index (κ2) is 2.59. The lowest BCUT2D eigenvalue weighted by molar-refractivity contribution is -0.120. The van der Waals surface area contributed by atoms with Gasteiger partial charge >= 0.3 is 0 Å². The summed E-state index contributed by atoms with van der Waals surface area (Å²) in [4.78, 5) is 11.3. The van der Waals surface area contributed by atoms with Crippen LogP contribution in [0.3, 0.4) is 0 Å². The summed E-state index contributed by atoms with van der Waals surface area (Å²) < 4.78 is 0. The molecule has 2 aliphatic rings. The summed E-state index contributed by atoms with van der Waals surface area (Å²) >= 11 is 0. The molecule has 2 heteroatoms. The molecule has 0 radical (unpaired) electrons. The fraction of sp³-hybridized carbons (Fsp3) is 0.417. The highest BCUT2D eigenvalue weighted by Gasteiger charge is 2.61. The predicted molar refractivity (Wildman–Crippen MR) is 53.7 cm³/mol. The molecule has 0 spiro atoms. The van der Waals surface area contributed by atoms with Crippen LogP contribution in [-0.2, 0) is 11.2 Å². The van der Waals surface area contributed by atoms with Gasteiger partial charge in [0.2, 0.25) is 5.91 Å². The molecule has 1 N–H and O–H groups in total. The minimum absolute atomic E-state index is 0.265. The molecule has 0 aromatic heterocycles. The number of amides is 1. The van der Waals surface area contributed by atoms with Crippen molar-refractivity contribution < 1.29 is 4.79 Å². The molecule has 1 aromatic rings. The number of nitrogens with one attached hydrogen (secondary N) is 1. The van der Waals surface area contributed by atoms with Crippen LogP contribution in [-0.4, -0.2) is 12.5 Å². The number of hydrogen-bond donors (Lipinski definition) is 1. The molecule has 2 atom stereocenters. The zero-order valence-corrected chi connectivity index (χ0v) is 7.99. The summed E-state index contributed by atoms with van der Waals surface area (Å²) in [5.41, 5.74) is 1.63. The van der Waals surface area contributed by atoms with Gasteiger partial charge < -0.3 is 5.32 Å². The highest BCUT2D eigenvalue weighted by atomic mass is 16.2. The van der Waals surface area contributed by atoms with E-state index in [-0.39, 0.29) is 11.3 Å². The second-order valence-corrected chi connectivity index (χ2v) is 4.50. The number of benzene rings is 1. The van der Waals surface area contributed by atoms with Crippen molar-refractivity contribution in [3.63, 3.8) is 0 Å². The van der Waals surface area contributed by atoms with Crippen LogP contribution in [0.4, 0.5) is 0 Å². The summed E-state index contributed by atoms with van der Waals surface area (Å²) in [5, 5.41) is 2.94. The predicted octanol–water partition coefficient (Wildman–Crippen LogP) is 1.37. The molecule has 1 aliphatic carbocycles. The van der Waals surface area contributed by atoms with Crippen LogP contribution in [0.5, 0.6) is 0 Å². The molecule has 2 unspecified atom stereocenters. The molecule has 1 saturated carbocycles. The van der Waals surface area contributed by atoms with Gasteiger partial charge in [0, 0.05) is 17.9 Å². The number of rotatable bonds is 2.